The van der Waals surface area contributed by atoms with Crippen molar-refractivity contribution in [3.05, 3.63) is 59.2 Å². The number of nitrogens with zero attached hydrogens (tertiary/aromatic N) is 2. The molecule has 2 heterocycles. The van der Waals surface area contributed by atoms with Crippen molar-refractivity contribution in [3.63, 3.8) is 0 Å². The normalized spacial score (nSPS) is 19.6. The van der Waals surface area contributed by atoms with E-state index in [1.165, 1.54) is 11.0 Å². The van der Waals surface area contributed by atoms with E-state index in [4.69, 9.17) is 14.2 Å². The molecule has 9 heteroatoms. The van der Waals surface area contributed by atoms with Crippen LogP contribution in [0.1, 0.15) is 43.9 Å². The summed E-state index contributed by atoms with van der Waals surface area (Å²) in [6, 6.07) is 10.8. The molecule has 1 atom stereocenters. The average molecular weight is 525 g/mol. The Morgan fingerprint density at radius 1 is 1.05 bits per heavy atom. The second kappa shape index (κ2) is 12.8. The number of phenols is 1. The zero-order chi connectivity index (χ0) is 27.1. The molecule has 2 aliphatic rings. The number of hydrogen-bond donors (Lipinski definition) is 2. The van der Waals surface area contributed by atoms with Crippen LogP contribution in [0, 0.1) is 0 Å². The van der Waals surface area contributed by atoms with E-state index in [0.29, 0.717) is 56.3 Å². The van der Waals surface area contributed by atoms with Gasteiger partial charge in [0.25, 0.3) is 11.7 Å². The molecule has 0 saturated carbocycles. The standard InChI is InChI=1S/C29H36N2O7/c1-3-15-38-22-8-5-7-21(18-22)27(33)25-26(20-9-10-23(32)24(19-20)37-4-2)31(29(35)28(25)34)12-6-11-30-13-16-36-17-14-30/h5,7-10,18-19,26,32-33H,3-4,6,11-17H2,1-2H3/b27-25+. The van der Waals surface area contributed by atoms with Crippen molar-refractivity contribution in [1.82, 2.24) is 9.80 Å². The summed E-state index contributed by atoms with van der Waals surface area (Å²) >= 11 is 0. The molecule has 38 heavy (non-hydrogen) atoms. The number of phenolic OH excluding ortho intramolecular Hbond substituents is 1. The molecule has 0 bridgehead atoms. The van der Waals surface area contributed by atoms with E-state index in [9.17, 15) is 19.8 Å². The van der Waals surface area contributed by atoms with Crippen molar-refractivity contribution in [3.8, 4) is 17.2 Å². The number of rotatable bonds is 11. The Bertz CT molecular complexity index is 1170. The summed E-state index contributed by atoms with van der Waals surface area (Å²) in [4.78, 5) is 30.4. The molecule has 204 valence electrons. The summed E-state index contributed by atoms with van der Waals surface area (Å²) in [6.45, 7) is 8.76. The van der Waals surface area contributed by atoms with Crippen molar-refractivity contribution in [2.75, 3.05) is 52.6 Å². The first-order chi connectivity index (χ1) is 18.4. The third-order valence-electron chi connectivity index (χ3n) is 6.70. The van der Waals surface area contributed by atoms with Crippen LogP contribution in [0.3, 0.4) is 0 Å². The number of Topliss-reactive ketones (excluding diaryl/α,β-unsaturated/α-hetero) is 1. The number of carbonyl (C=O) groups excluding carboxylic acids is 2. The minimum absolute atomic E-state index is 0.00199. The van der Waals surface area contributed by atoms with Gasteiger partial charge in [0, 0.05) is 31.7 Å². The van der Waals surface area contributed by atoms with Gasteiger partial charge in [-0.25, -0.2) is 0 Å². The van der Waals surface area contributed by atoms with Crippen molar-refractivity contribution >= 4 is 17.4 Å². The molecule has 2 saturated heterocycles. The van der Waals surface area contributed by atoms with Crippen molar-refractivity contribution in [2.45, 2.75) is 32.7 Å². The molecule has 9 nitrogen and oxygen atoms in total. The van der Waals surface area contributed by atoms with E-state index in [2.05, 4.69) is 4.90 Å². The Kier molecular flexibility index (Phi) is 9.25. The Labute approximate surface area is 223 Å². The zero-order valence-electron chi connectivity index (χ0n) is 22.0. The van der Waals surface area contributed by atoms with Gasteiger partial charge in [0.2, 0.25) is 0 Å². The van der Waals surface area contributed by atoms with Crippen LogP contribution in [-0.4, -0.2) is 84.3 Å². The smallest absolute Gasteiger partial charge is 0.295 e. The number of amides is 1. The molecule has 1 unspecified atom stereocenters. The Morgan fingerprint density at radius 2 is 1.84 bits per heavy atom. The molecule has 2 N–H and O–H groups in total. The second-order valence-electron chi connectivity index (χ2n) is 9.34. The highest BCUT2D eigenvalue weighted by atomic mass is 16.5. The predicted octanol–water partition coefficient (Wildman–Crippen LogP) is 3.72. The lowest BCUT2D eigenvalue weighted by Crippen LogP contribution is -2.38. The van der Waals surface area contributed by atoms with Crippen LogP contribution in [0.2, 0.25) is 0 Å². The molecule has 2 fully saturated rings. The zero-order valence-corrected chi connectivity index (χ0v) is 22.0. The summed E-state index contributed by atoms with van der Waals surface area (Å²) in [5.41, 5.74) is 0.956. The van der Waals surface area contributed by atoms with Crippen LogP contribution in [0.5, 0.6) is 17.2 Å². The second-order valence-corrected chi connectivity index (χ2v) is 9.34. The van der Waals surface area contributed by atoms with Gasteiger partial charge in [0.15, 0.2) is 11.5 Å². The van der Waals surface area contributed by atoms with Gasteiger partial charge in [-0.2, -0.15) is 0 Å². The van der Waals surface area contributed by atoms with E-state index in [1.54, 1.807) is 43.3 Å². The van der Waals surface area contributed by atoms with E-state index in [1.807, 2.05) is 6.92 Å². The highest BCUT2D eigenvalue weighted by molar-refractivity contribution is 6.46. The minimum atomic E-state index is -0.834. The van der Waals surface area contributed by atoms with Gasteiger partial charge < -0.3 is 29.3 Å². The van der Waals surface area contributed by atoms with Crippen molar-refractivity contribution < 1.29 is 34.0 Å². The Hall–Kier alpha value is -3.56. The van der Waals surface area contributed by atoms with E-state index >= 15 is 0 Å². The molecule has 0 aliphatic carbocycles. The summed E-state index contributed by atoms with van der Waals surface area (Å²) < 4.78 is 16.7. The monoisotopic (exact) mass is 524 g/mol. The summed E-state index contributed by atoms with van der Waals surface area (Å²) in [7, 11) is 0. The molecule has 0 spiro atoms. The van der Waals surface area contributed by atoms with Gasteiger partial charge in [-0.3, -0.25) is 14.5 Å². The number of aliphatic hydroxyl groups is 1. The Balaban J connectivity index is 1.71. The molecule has 4 rings (SSSR count). The molecule has 0 aromatic heterocycles. The number of aliphatic hydroxyl groups excluding tert-OH is 1. The van der Waals surface area contributed by atoms with Crippen LogP contribution in [0.15, 0.2) is 48.0 Å². The van der Waals surface area contributed by atoms with Gasteiger partial charge in [0.1, 0.15) is 11.5 Å². The third-order valence-corrected chi connectivity index (χ3v) is 6.70. The average Bonchev–Trinajstić information content (AvgIpc) is 3.18. The van der Waals surface area contributed by atoms with Crippen LogP contribution in [0.4, 0.5) is 0 Å². The molecule has 2 aromatic carbocycles. The van der Waals surface area contributed by atoms with E-state index < -0.39 is 17.7 Å². The van der Waals surface area contributed by atoms with E-state index in [0.717, 1.165) is 26.1 Å². The summed E-state index contributed by atoms with van der Waals surface area (Å²) in [6.07, 6.45) is 1.48. The van der Waals surface area contributed by atoms with Crippen LogP contribution < -0.4 is 9.47 Å². The van der Waals surface area contributed by atoms with Gasteiger partial charge in [-0.05, 0) is 49.6 Å². The largest absolute Gasteiger partial charge is 0.507 e. The fraction of sp³-hybridized carbons (Fsp3) is 0.448. The number of aromatic hydroxyl groups is 1. The maximum absolute atomic E-state index is 13.4. The van der Waals surface area contributed by atoms with Crippen molar-refractivity contribution in [2.24, 2.45) is 0 Å². The highest BCUT2D eigenvalue weighted by Crippen LogP contribution is 2.42. The van der Waals surface area contributed by atoms with Crippen LogP contribution in [-0.2, 0) is 14.3 Å². The first-order valence-electron chi connectivity index (χ1n) is 13.2. The molecular weight excluding hydrogens is 488 g/mol. The van der Waals surface area contributed by atoms with Crippen LogP contribution in [0.25, 0.3) is 5.76 Å². The van der Waals surface area contributed by atoms with E-state index in [-0.39, 0.29) is 22.8 Å². The number of likely N-dealkylation sites (tertiary alicyclic amines) is 1. The summed E-state index contributed by atoms with van der Waals surface area (Å²) in [5, 5.41) is 21.6. The number of ketones is 1. The fourth-order valence-corrected chi connectivity index (χ4v) is 4.83. The molecule has 2 aliphatic heterocycles. The number of ether oxygens (including phenoxy) is 3. The summed E-state index contributed by atoms with van der Waals surface area (Å²) in [5.74, 6) is -0.903. The molecular formula is C29H36N2O7. The maximum Gasteiger partial charge on any atom is 0.295 e. The fourth-order valence-electron chi connectivity index (χ4n) is 4.83. The number of hydrogen-bond acceptors (Lipinski definition) is 8. The first kappa shape index (κ1) is 27.5. The molecule has 2 aromatic rings. The SMILES string of the molecule is CCCOc1cccc(/C(O)=C2\C(=O)C(=O)N(CCCN3CCOCC3)C2c2ccc(O)c(OCC)c2)c1. The van der Waals surface area contributed by atoms with Crippen molar-refractivity contribution in [1.29, 1.82) is 0 Å². The maximum atomic E-state index is 13.4. The predicted molar refractivity (Wildman–Crippen MR) is 142 cm³/mol. The van der Waals surface area contributed by atoms with Gasteiger partial charge >= 0.3 is 0 Å². The minimum Gasteiger partial charge on any atom is -0.507 e. The van der Waals surface area contributed by atoms with Crippen LogP contribution >= 0.6 is 0 Å². The lowest BCUT2D eigenvalue weighted by atomic mass is 9.95. The number of carbonyl (C=O) groups is 2. The molecule has 1 amide bonds. The number of morpholine rings is 1. The first-order valence-corrected chi connectivity index (χ1v) is 13.2. The third kappa shape index (κ3) is 6.11. The number of benzene rings is 2. The molecule has 0 radical (unpaired) electrons. The van der Waals surface area contributed by atoms with Gasteiger partial charge in [-0.15, -0.1) is 0 Å². The van der Waals surface area contributed by atoms with Gasteiger partial charge in [0.05, 0.1) is 38.0 Å². The van der Waals surface area contributed by atoms with Gasteiger partial charge in [-0.1, -0.05) is 25.1 Å². The topological polar surface area (TPSA) is 109 Å². The Morgan fingerprint density at radius 3 is 2.58 bits per heavy atom. The lowest BCUT2D eigenvalue weighted by Gasteiger charge is -2.29. The quantitative estimate of drug-likeness (QED) is 0.260. The highest BCUT2D eigenvalue weighted by Gasteiger charge is 2.46. The lowest BCUT2D eigenvalue weighted by molar-refractivity contribution is -0.140.